The summed E-state index contributed by atoms with van der Waals surface area (Å²) in [6.45, 7) is -0.382. The largest absolute Gasteiger partial charge is 0.452 e. The summed E-state index contributed by atoms with van der Waals surface area (Å²) in [6, 6.07) is 9.32. The minimum Gasteiger partial charge on any atom is -0.452 e. The molecule has 0 bridgehead atoms. The lowest BCUT2D eigenvalue weighted by molar-refractivity contribution is -0.124. The fourth-order valence-electron chi connectivity index (χ4n) is 2.45. The molecule has 1 aromatic heterocycles. The van der Waals surface area contributed by atoms with E-state index in [0.717, 1.165) is 18.4 Å². The first-order valence-electron chi connectivity index (χ1n) is 8.45. The number of anilines is 1. The first kappa shape index (κ1) is 18.7. The molecule has 0 atom stereocenters. The Hall–Kier alpha value is -3.11. The predicted molar refractivity (Wildman–Crippen MR) is 103 cm³/mol. The average molecular weight is 382 g/mol. The predicted octanol–water partition coefficient (Wildman–Crippen LogP) is 2.67. The maximum atomic E-state index is 12.7. The lowest BCUT2D eigenvalue weighted by atomic mass is 10.0. The molecule has 2 amide bonds. The van der Waals surface area contributed by atoms with Crippen molar-refractivity contribution in [1.82, 2.24) is 5.32 Å². The molecule has 0 aliphatic heterocycles. The molecule has 0 unspecified atom stereocenters. The first-order chi connectivity index (χ1) is 13.1. The van der Waals surface area contributed by atoms with Crippen LogP contribution in [0.15, 0.2) is 35.7 Å². The van der Waals surface area contributed by atoms with Gasteiger partial charge in [0.05, 0.1) is 6.54 Å². The van der Waals surface area contributed by atoms with Crippen molar-refractivity contribution >= 4 is 34.1 Å². The highest BCUT2D eigenvalue weighted by molar-refractivity contribution is 7.15. The van der Waals surface area contributed by atoms with Gasteiger partial charge in [-0.3, -0.25) is 9.59 Å². The van der Waals surface area contributed by atoms with E-state index in [1.165, 1.54) is 11.3 Å². The number of esters is 1. The van der Waals surface area contributed by atoms with Gasteiger partial charge in [-0.15, -0.1) is 17.8 Å². The molecule has 0 radical (unpaired) electrons. The summed E-state index contributed by atoms with van der Waals surface area (Å²) < 4.78 is 5.14. The van der Waals surface area contributed by atoms with E-state index in [4.69, 9.17) is 11.2 Å². The van der Waals surface area contributed by atoms with Gasteiger partial charge >= 0.3 is 5.97 Å². The molecule has 1 saturated carbocycles. The number of thiophene rings is 1. The number of benzene rings is 1. The lowest BCUT2D eigenvalue weighted by Crippen LogP contribution is -2.29. The molecule has 138 valence electrons. The summed E-state index contributed by atoms with van der Waals surface area (Å²) in [5, 5.41) is 7.48. The summed E-state index contributed by atoms with van der Waals surface area (Å²) in [7, 11) is 0. The third-order valence-electron chi connectivity index (χ3n) is 3.99. The Labute approximate surface area is 160 Å². The number of rotatable bonds is 7. The van der Waals surface area contributed by atoms with E-state index in [0.29, 0.717) is 10.6 Å². The minimum atomic E-state index is -0.669. The molecule has 1 aromatic carbocycles. The summed E-state index contributed by atoms with van der Waals surface area (Å²) in [5.41, 5.74) is 1.73. The van der Waals surface area contributed by atoms with Crippen LogP contribution < -0.4 is 10.6 Å². The summed E-state index contributed by atoms with van der Waals surface area (Å²) in [5.74, 6) is 1.02. The SMILES string of the molecule is C#CCNC(=O)COC(=O)c1c(-c2ccccc2)csc1NC(=O)C1CC1. The quantitative estimate of drug-likeness (QED) is 0.570. The van der Waals surface area contributed by atoms with Crippen molar-refractivity contribution in [2.45, 2.75) is 12.8 Å². The van der Waals surface area contributed by atoms with E-state index in [1.54, 1.807) is 5.38 Å². The zero-order valence-corrected chi connectivity index (χ0v) is 15.3. The normalized spacial score (nSPS) is 12.7. The fraction of sp³-hybridized carbons (Fsp3) is 0.250. The van der Waals surface area contributed by atoms with Gasteiger partial charge in [0.1, 0.15) is 10.6 Å². The van der Waals surface area contributed by atoms with Crippen molar-refractivity contribution in [3.8, 4) is 23.5 Å². The van der Waals surface area contributed by atoms with Crippen molar-refractivity contribution in [3.05, 3.63) is 41.3 Å². The average Bonchev–Trinajstić information content (AvgIpc) is 3.46. The molecule has 0 saturated heterocycles. The van der Waals surface area contributed by atoms with Crippen LogP contribution in [0.2, 0.25) is 0 Å². The Kier molecular flexibility index (Phi) is 5.89. The topological polar surface area (TPSA) is 84.5 Å². The van der Waals surface area contributed by atoms with Crippen LogP contribution in [0.5, 0.6) is 0 Å². The van der Waals surface area contributed by atoms with Crippen LogP contribution in [0.4, 0.5) is 5.00 Å². The zero-order valence-electron chi connectivity index (χ0n) is 14.5. The van der Waals surface area contributed by atoms with Crippen LogP contribution in [0, 0.1) is 18.3 Å². The molecule has 1 heterocycles. The Balaban J connectivity index is 1.82. The Morgan fingerprint density at radius 1 is 1.22 bits per heavy atom. The molecule has 1 fully saturated rings. The highest BCUT2D eigenvalue weighted by atomic mass is 32.1. The number of hydrogen-bond donors (Lipinski definition) is 2. The van der Waals surface area contributed by atoms with Gasteiger partial charge in [-0.25, -0.2) is 4.79 Å². The fourth-order valence-corrected chi connectivity index (χ4v) is 3.41. The van der Waals surface area contributed by atoms with E-state index in [-0.39, 0.29) is 23.9 Å². The van der Waals surface area contributed by atoms with Gasteiger partial charge < -0.3 is 15.4 Å². The molecule has 1 aliphatic rings. The molecule has 27 heavy (non-hydrogen) atoms. The van der Waals surface area contributed by atoms with Crippen molar-refractivity contribution in [1.29, 1.82) is 0 Å². The zero-order chi connectivity index (χ0) is 19.2. The maximum Gasteiger partial charge on any atom is 0.342 e. The highest BCUT2D eigenvalue weighted by Crippen LogP contribution is 2.38. The van der Waals surface area contributed by atoms with Crippen LogP contribution >= 0.6 is 11.3 Å². The Morgan fingerprint density at radius 3 is 2.63 bits per heavy atom. The number of terminal acetylenes is 1. The van der Waals surface area contributed by atoms with Crippen molar-refractivity contribution in [2.75, 3.05) is 18.5 Å². The van der Waals surface area contributed by atoms with Crippen LogP contribution in [-0.2, 0) is 14.3 Å². The van der Waals surface area contributed by atoms with Gasteiger partial charge in [-0.2, -0.15) is 0 Å². The summed E-state index contributed by atoms with van der Waals surface area (Å²) in [4.78, 5) is 36.5. The van der Waals surface area contributed by atoms with Gasteiger partial charge in [0, 0.05) is 16.9 Å². The molecule has 6 nitrogen and oxygen atoms in total. The van der Waals surface area contributed by atoms with Crippen LogP contribution in [-0.4, -0.2) is 30.9 Å². The number of carbonyl (C=O) groups is 3. The van der Waals surface area contributed by atoms with Crippen molar-refractivity contribution in [3.63, 3.8) is 0 Å². The molecule has 0 spiro atoms. The Morgan fingerprint density at radius 2 is 1.96 bits per heavy atom. The molecular formula is C20H18N2O4S. The number of carbonyl (C=O) groups excluding carboxylic acids is 3. The lowest BCUT2D eigenvalue weighted by Gasteiger charge is -2.09. The molecular weight excluding hydrogens is 364 g/mol. The molecule has 7 heteroatoms. The molecule has 2 aromatic rings. The van der Waals surface area contributed by atoms with E-state index in [9.17, 15) is 14.4 Å². The van der Waals surface area contributed by atoms with Gasteiger partial charge in [-0.1, -0.05) is 36.3 Å². The summed E-state index contributed by atoms with van der Waals surface area (Å²) >= 11 is 1.26. The number of ether oxygens (including phenoxy) is 1. The number of amides is 2. The second-order valence-electron chi connectivity index (χ2n) is 6.04. The van der Waals surface area contributed by atoms with Crippen LogP contribution in [0.25, 0.3) is 11.1 Å². The third-order valence-corrected chi connectivity index (χ3v) is 4.88. The van der Waals surface area contributed by atoms with Gasteiger partial charge in [0.25, 0.3) is 5.91 Å². The van der Waals surface area contributed by atoms with Gasteiger partial charge in [0.2, 0.25) is 5.91 Å². The van der Waals surface area contributed by atoms with E-state index < -0.39 is 18.5 Å². The third kappa shape index (κ3) is 4.74. The monoisotopic (exact) mass is 382 g/mol. The minimum absolute atomic E-state index is 0.00527. The van der Waals surface area contributed by atoms with Crippen molar-refractivity contribution in [2.24, 2.45) is 5.92 Å². The van der Waals surface area contributed by atoms with Crippen LogP contribution in [0.1, 0.15) is 23.2 Å². The highest BCUT2D eigenvalue weighted by Gasteiger charge is 2.31. The molecule has 1 aliphatic carbocycles. The van der Waals surface area contributed by atoms with E-state index in [1.807, 2.05) is 30.3 Å². The standard InChI is InChI=1S/C20H18N2O4S/c1-2-10-21-16(23)11-26-20(25)17-15(13-6-4-3-5-7-13)12-27-19(17)22-18(24)14-8-9-14/h1,3-7,12,14H,8-11H2,(H,21,23)(H,22,24). The Bertz CT molecular complexity index is 894. The number of nitrogens with one attached hydrogen (secondary N) is 2. The van der Waals surface area contributed by atoms with Gasteiger partial charge in [0.15, 0.2) is 6.61 Å². The van der Waals surface area contributed by atoms with E-state index in [2.05, 4.69) is 16.6 Å². The second kappa shape index (κ2) is 8.52. The van der Waals surface area contributed by atoms with Crippen LogP contribution in [0.3, 0.4) is 0 Å². The number of hydrogen-bond acceptors (Lipinski definition) is 5. The van der Waals surface area contributed by atoms with Crippen molar-refractivity contribution < 1.29 is 19.1 Å². The molecule has 3 rings (SSSR count). The summed E-state index contributed by atoms with van der Waals surface area (Å²) in [6.07, 6.45) is 6.80. The van der Waals surface area contributed by atoms with E-state index >= 15 is 0 Å². The first-order valence-corrected chi connectivity index (χ1v) is 9.33. The maximum absolute atomic E-state index is 12.7. The van der Waals surface area contributed by atoms with Gasteiger partial charge in [-0.05, 0) is 18.4 Å². The smallest absolute Gasteiger partial charge is 0.342 e. The second-order valence-corrected chi connectivity index (χ2v) is 6.92. The molecule has 2 N–H and O–H groups in total.